The summed E-state index contributed by atoms with van der Waals surface area (Å²) in [6, 6.07) is 0. The monoisotopic (exact) mass is 477 g/mol. The van der Waals surface area contributed by atoms with Crippen LogP contribution in [-0.2, 0) is 10.6 Å². The van der Waals surface area contributed by atoms with E-state index in [1.54, 1.807) is 13.8 Å². The van der Waals surface area contributed by atoms with Crippen LogP contribution in [0.2, 0.25) is 0 Å². The Bertz CT molecular complexity index is 893. The van der Waals surface area contributed by atoms with Gasteiger partial charge in [0.05, 0.1) is 6.61 Å². The highest BCUT2D eigenvalue weighted by Crippen LogP contribution is 2.44. The van der Waals surface area contributed by atoms with E-state index in [9.17, 15) is 39.6 Å². The molecule has 1 aromatic heterocycles. The van der Waals surface area contributed by atoms with E-state index in [1.165, 1.54) is 0 Å². The lowest BCUT2D eigenvalue weighted by atomic mass is 9.99. The maximum absolute atomic E-state index is 14.9. The Morgan fingerprint density at radius 3 is 2.39 bits per heavy atom. The summed E-state index contributed by atoms with van der Waals surface area (Å²) in [5.74, 6) is -3.67. The van der Waals surface area contributed by atoms with Gasteiger partial charge in [-0.1, -0.05) is 52.9 Å². The average Bonchev–Trinajstić information content (AvgIpc) is 2.97. The van der Waals surface area contributed by atoms with Gasteiger partial charge in [-0.15, -0.1) is 5.06 Å². The first-order chi connectivity index (χ1) is 15.4. The van der Waals surface area contributed by atoms with E-state index in [4.69, 9.17) is 4.74 Å². The van der Waals surface area contributed by atoms with Gasteiger partial charge in [0.25, 0.3) is 5.56 Å². The van der Waals surface area contributed by atoms with E-state index in [1.807, 2.05) is 4.98 Å². The average molecular weight is 478 g/mol. The third-order valence-electron chi connectivity index (χ3n) is 6.07. The highest BCUT2D eigenvalue weighted by Gasteiger charge is 2.71. The molecule has 0 spiro atoms. The molecule has 33 heavy (non-hydrogen) atoms. The minimum atomic E-state index is -3.29. The fraction of sp³-hybridized carbons (Fsp3) is 0.810. The number of halogens is 1. The molecule has 0 amide bonds. The van der Waals surface area contributed by atoms with Crippen molar-refractivity contribution in [3.05, 3.63) is 32.6 Å². The minimum Gasteiger partial charge on any atom is -0.394 e. The second kappa shape index (κ2) is 11.2. The molecular formula is C21H36FN3O8. The number of hydrogen-bond acceptors (Lipinski definition) is 9. The van der Waals surface area contributed by atoms with Gasteiger partial charge in [-0.2, -0.15) is 0 Å². The fourth-order valence-electron chi connectivity index (χ4n) is 4.02. The van der Waals surface area contributed by atoms with Gasteiger partial charge in [0.1, 0.15) is 12.2 Å². The first-order valence-electron chi connectivity index (χ1n) is 11.4. The van der Waals surface area contributed by atoms with Crippen LogP contribution >= 0.6 is 0 Å². The lowest BCUT2D eigenvalue weighted by Gasteiger charge is -2.43. The Hall–Kier alpha value is -1.67. The van der Waals surface area contributed by atoms with Gasteiger partial charge in [-0.3, -0.25) is 9.78 Å². The van der Waals surface area contributed by atoms with Crippen LogP contribution in [0.3, 0.4) is 0 Å². The van der Waals surface area contributed by atoms with Crippen LogP contribution in [0.25, 0.3) is 0 Å². The van der Waals surface area contributed by atoms with Crippen molar-refractivity contribution < 1.29 is 34.8 Å². The summed E-state index contributed by atoms with van der Waals surface area (Å²) in [7, 11) is 0. The van der Waals surface area contributed by atoms with Crippen molar-refractivity contribution in [1.29, 1.82) is 0 Å². The van der Waals surface area contributed by atoms with E-state index in [0.29, 0.717) is 17.4 Å². The fourth-order valence-corrected chi connectivity index (χ4v) is 4.02. The lowest BCUT2D eigenvalue weighted by Crippen LogP contribution is -2.69. The molecule has 0 radical (unpaired) electrons. The van der Waals surface area contributed by atoms with Crippen LogP contribution in [0.1, 0.15) is 77.2 Å². The third kappa shape index (κ3) is 5.21. The van der Waals surface area contributed by atoms with Crippen molar-refractivity contribution in [2.24, 2.45) is 0 Å². The number of ether oxygens (including phenoxy) is 1. The summed E-state index contributed by atoms with van der Waals surface area (Å²) in [4.78, 5) is 26.6. The smallest absolute Gasteiger partial charge is 0.332 e. The van der Waals surface area contributed by atoms with Crippen molar-refractivity contribution in [3.8, 4) is 0 Å². The maximum atomic E-state index is 14.9. The molecule has 1 aliphatic heterocycles. The zero-order valence-electron chi connectivity index (χ0n) is 19.3. The van der Waals surface area contributed by atoms with Crippen LogP contribution in [0.4, 0.5) is 4.39 Å². The second-order valence-corrected chi connectivity index (χ2v) is 8.82. The predicted molar refractivity (Wildman–Crippen MR) is 115 cm³/mol. The standard InChI is InChI=1S/C21H36FN3O8/c1-4-5-6-7-8-9-10-16(22)25(32)20(30)17(27)15(12-26)33-21(20,31)24-11-14(13(2)3)18(28)23-19(24)29/h11,13,15-17,26-27,30-32H,4-10,12H2,1-3H3,(H,23,28,29)/t15-,16?,17-,20-,21+/m1/s1. The van der Waals surface area contributed by atoms with Crippen molar-refractivity contribution in [3.63, 3.8) is 0 Å². The number of nitrogens with one attached hydrogen (secondary N) is 1. The Balaban J connectivity index is 2.40. The summed E-state index contributed by atoms with van der Waals surface area (Å²) < 4.78 is 20.5. The first kappa shape index (κ1) is 27.6. The van der Waals surface area contributed by atoms with E-state index in [2.05, 4.69) is 6.92 Å². The molecule has 11 nitrogen and oxygen atoms in total. The number of hydroxylamine groups is 2. The van der Waals surface area contributed by atoms with Crippen LogP contribution in [0.5, 0.6) is 0 Å². The number of hydrogen-bond donors (Lipinski definition) is 6. The van der Waals surface area contributed by atoms with E-state index in [0.717, 1.165) is 31.9 Å². The normalized spacial score (nSPS) is 28.7. The van der Waals surface area contributed by atoms with Crippen molar-refractivity contribution in [2.45, 2.75) is 102 Å². The van der Waals surface area contributed by atoms with E-state index >= 15 is 0 Å². The minimum absolute atomic E-state index is 0.0179. The molecule has 1 fully saturated rings. The van der Waals surface area contributed by atoms with Crippen LogP contribution < -0.4 is 11.2 Å². The topological polar surface area (TPSA) is 168 Å². The van der Waals surface area contributed by atoms with E-state index < -0.39 is 53.9 Å². The summed E-state index contributed by atoms with van der Waals surface area (Å²) in [6.07, 6.45) is -0.510. The SMILES string of the molecule is CCCCCCCCC(F)N(O)[C@@]1(O)[C@H](O)[C@@H](CO)O[C@]1(O)n1cc(C(C)C)c(=O)[nH]c1=O. The summed E-state index contributed by atoms with van der Waals surface area (Å²) in [5.41, 5.74) is -5.26. The molecule has 0 bridgehead atoms. The molecule has 0 aromatic carbocycles. The number of nitrogens with zero attached hydrogens (tertiary/aromatic N) is 2. The third-order valence-corrected chi connectivity index (χ3v) is 6.07. The number of H-pyrrole nitrogens is 1. The predicted octanol–water partition coefficient (Wildman–Crippen LogP) is 0.441. The molecule has 2 heterocycles. The van der Waals surface area contributed by atoms with Crippen molar-refractivity contribution >= 4 is 0 Å². The highest BCUT2D eigenvalue weighted by atomic mass is 19.1. The van der Waals surface area contributed by atoms with Gasteiger partial charge in [-0.05, 0) is 18.8 Å². The lowest BCUT2D eigenvalue weighted by molar-refractivity contribution is -0.428. The number of unbranched alkanes of at least 4 members (excludes halogenated alkanes) is 5. The van der Waals surface area contributed by atoms with Gasteiger partial charge >= 0.3 is 11.6 Å². The van der Waals surface area contributed by atoms with Gasteiger partial charge in [0.2, 0.25) is 5.72 Å². The zero-order valence-corrected chi connectivity index (χ0v) is 19.3. The van der Waals surface area contributed by atoms with Crippen LogP contribution in [0.15, 0.2) is 15.8 Å². The summed E-state index contributed by atoms with van der Waals surface area (Å²) >= 11 is 0. The number of rotatable bonds is 12. The molecule has 1 aliphatic rings. The molecule has 1 aromatic rings. The number of aromatic amines is 1. The second-order valence-electron chi connectivity index (χ2n) is 8.82. The Kier molecular flexibility index (Phi) is 9.33. The number of aromatic nitrogens is 2. The summed E-state index contributed by atoms with van der Waals surface area (Å²) in [5, 5.41) is 52.8. The quantitative estimate of drug-likeness (QED) is 0.108. The molecule has 2 rings (SSSR count). The van der Waals surface area contributed by atoms with Gasteiger partial charge in [0, 0.05) is 11.8 Å². The van der Waals surface area contributed by atoms with Crippen molar-refractivity contribution in [2.75, 3.05) is 6.61 Å². The molecule has 0 saturated carbocycles. The number of aliphatic hydroxyl groups excluding tert-OH is 2. The van der Waals surface area contributed by atoms with Gasteiger partial charge in [0.15, 0.2) is 6.30 Å². The maximum Gasteiger partial charge on any atom is 0.332 e. The molecule has 1 saturated heterocycles. The number of alkyl halides is 1. The Morgan fingerprint density at radius 2 is 1.82 bits per heavy atom. The molecule has 12 heteroatoms. The van der Waals surface area contributed by atoms with Crippen molar-refractivity contribution in [1.82, 2.24) is 14.6 Å². The number of aliphatic hydroxyl groups is 4. The largest absolute Gasteiger partial charge is 0.394 e. The van der Waals surface area contributed by atoms with E-state index in [-0.39, 0.29) is 17.0 Å². The molecule has 5 atom stereocenters. The zero-order chi connectivity index (χ0) is 25.0. The van der Waals surface area contributed by atoms with Crippen LogP contribution in [0, 0.1) is 0 Å². The Labute approximate surface area is 191 Å². The summed E-state index contributed by atoms with van der Waals surface area (Å²) in [6.45, 7) is 4.40. The molecule has 0 aliphatic carbocycles. The molecule has 1 unspecified atom stereocenters. The first-order valence-corrected chi connectivity index (χ1v) is 11.4. The van der Waals surface area contributed by atoms with Gasteiger partial charge in [-0.25, -0.2) is 13.8 Å². The molecule has 190 valence electrons. The molecular weight excluding hydrogens is 441 g/mol. The van der Waals surface area contributed by atoms with Gasteiger partial charge < -0.3 is 30.4 Å². The molecule has 6 N–H and O–H groups in total. The highest BCUT2D eigenvalue weighted by molar-refractivity contribution is 5.13. The Morgan fingerprint density at radius 1 is 1.21 bits per heavy atom. The van der Waals surface area contributed by atoms with Crippen LogP contribution in [-0.4, -0.2) is 71.1 Å².